The van der Waals surface area contributed by atoms with Crippen molar-refractivity contribution < 1.29 is 0 Å². The summed E-state index contributed by atoms with van der Waals surface area (Å²) in [5.74, 6) is 1.49. The number of pyridine rings is 1. The molecule has 0 spiro atoms. The quantitative estimate of drug-likeness (QED) is 0.550. The molecule has 106 valence electrons. The molecule has 0 aliphatic heterocycles. The lowest BCUT2D eigenvalue weighted by Crippen LogP contribution is -2.23. The fourth-order valence-electron chi connectivity index (χ4n) is 2.24. The molecule has 0 aliphatic carbocycles. The topological polar surface area (TPSA) is 47.8 Å². The molecule has 3 rings (SSSR count). The Kier molecular flexibility index (Phi) is 3.75. The third kappa shape index (κ3) is 2.45. The van der Waals surface area contributed by atoms with E-state index in [4.69, 9.17) is 0 Å². The maximum Gasteiger partial charge on any atom is 0.267 e. The summed E-state index contributed by atoms with van der Waals surface area (Å²) in [6.45, 7) is 3.99. The molecular formula is C16H15N3OS. The van der Waals surface area contributed by atoms with Gasteiger partial charge >= 0.3 is 0 Å². The zero-order valence-corrected chi connectivity index (χ0v) is 12.7. The smallest absolute Gasteiger partial charge is 0.267 e. The molecule has 0 amide bonds. The first-order valence-corrected chi connectivity index (χ1v) is 7.77. The van der Waals surface area contributed by atoms with Crippen LogP contribution in [0.2, 0.25) is 0 Å². The Balaban J connectivity index is 2.40. The number of rotatable bonds is 3. The van der Waals surface area contributed by atoms with Crippen LogP contribution in [0.25, 0.3) is 16.7 Å². The summed E-state index contributed by atoms with van der Waals surface area (Å²) in [6, 6.07) is 11.2. The number of fused-ring (bicyclic) bond motifs is 1. The van der Waals surface area contributed by atoms with E-state index in [0.29, 0.717) is 16.4 Å². The van der Waals surface area contributed by atoms with Gasteiger partial charge in [0.25, 0.3) is 5.56 Å². The summed E-state index contributed by atoms with van der Waals surface area (Å²) in [5, 5.41) is 1.30. The van der Waals surface area contributed by atoms with Crippen LogP contribution in [0.3, 0.4) is 0 Å². The van der Waals surface area contributed by atoms with Crippen LogP contribution in [0.4, 0.5) is 0 Å². The number of thioether (sulfide) groups is 1. The fourth-order valence-corrected chi connectivity index (χ4v) is 2.96. The van der Waals surface area contributed by atoms with E-state index in [2.05, 4.69) is 9.97 Å². The van der Waals surface area contributed by atoms with Crippen molar-refractivity contribution in [2.45, 2.75) is 19.0 Å². The lowest BCUT2D eigenvalue weighted by molar-refractivity contribution is 0.789. The molecule has 2 aromatic heterocycles. The Morgan fingerprint density at radius 1 is 1.19 bits per heavy atom. The zero-order chi connectivity index (χ0) is 14.8. The summed E-state index contributed by atoms with van der Waals surface area (Å²) < 4.78 is 1.62. The van der Waals surface area contributed by atoms with Gasteiger partial charge in [0, 0.05) is 6.20 Å². The van der Waals surface area contributed by atoms with E-state index >= 15 is 0 Å². The van der Waals surface area contributed by atoms with Gasteiger partial charge in [0.05, 0.1) is 10.9 Å². The predicted octanol–water partition coefficient (Wildman–Crippen LogP) is 3.20. The largest absolute Gasteiger partial charge is 0.268 e. The van der Waals surface area contributed by atoms with E-state index in [1.54, 1.807) is 28.6 Å². The Bertz CT molecular complexity index is 858. The molecule has 0 saturated heterocycles. The number of aryl methyl sites for hydroxylation is 1. The van der Waals surface area contributed by atoms with Gasteiger partial charge in [-0.1, -0.05) is 36.9 Å². The van der Waals surface area contributed by atoms with E-state index in [1.807, 2.05) is 44.2 Å². The van der Waals surface area contributed by atoms with Gasteiger partial charge in [-0.05, 0) is 36.4 Å². The standard InChI is InChI=1S/C16H15N3OS/c1-3-21-16-18-13-9-5-4-8-12(13)15(20)19(16)14-11(2)7-6-10-17-14/h4-10H,3H2,1-2H3. The molecule has 2 heterocycles. The molecule has 0 radical (unpaired) electrons. The second kappa shape index (κ2) is 5.69. The highest BCUT2D eigenvalue weighted by atomic mass is 32.2. The van der Waals surface area contributed by atoms with Gasteiger partial charge in [0.2, 0.25) is 0 Å². The van der Waals surface area contributed by atoms with Crippen molar-refractivity contribution in [2.75, 3.05) is 5.75 Å². The van der Waals surface area contributed by atoms with Crippen LogP contribution in [0.1, 0.15) is 12.5 Å². The SMILES string of the molecule is CCSc1nc2ccccc2c(=O)n1-c1ncccc1C. The maximum atomic E-state index is 12.8. The Labute approximate surface area is 126 Å². The zero-order valence-electron chi connectivity index (χ0n) is 11.9. The van der Waals surface area contributed by atoms with Crippen molar-refractivity contribution in [2.24, 2.45) is 0 Å². The first-order chi connectivity index (χ1) is 10.2. The van der Waals surface area contributed by atoms with Gasteiger partial charge in [-0.3, -0.25) is 4.79 Å². The number of nitrogens with zero attached hydrogens (tertiary/aromatic N) is 3. The number of hydrogen-bond acceptors (Lipinski definition) is 4. The van der Waals surface area contributed by atoms with E-state index in [9.17, 15) is 4.79 Å². The van der Waals surface area contributed by atoms with Crippen LogP contribution in [-0.4, -0.2) is 20.3 Å². The van der Waals surface area contributed by atoms with Gasteiger partial charge < -0.3 is 0 Å². The van der Waals surface area contributed by atoms with Crippen LogP contribution in [0, 0.1) is 6.92 Å². The summed E-state index contributed by atoms with van der Waals surface area (Å²) in [7, 11) is 0. The van der Waals surface area contributed by atoms with Crippen LogP contribution < -0.4 is 5.56 Å². The third-order valence-electron chi connectivity index (χ3n) is 3.21. The minimum atomic E-state index is -0.0710. The highest BCUT2D eigenvalue weighted by Crippen LogP contribution is 2.21. The minimum Gasteiger partial charge on any atom is -0.268 e. The molecule has 0 fully saturated rings. The van der Waals surface area contributed by atoms with Crippen molar-refractivity contribution in [3.8, 4) is 5.82 Å². The molecule has 0 aliphatic rings. The molecule has 21 heavy (non-hydrogen) atoms. The van der Waals surface area contributed by atoms with Crippen LogP contribution in [0.15, 0.2) is 52.5 Å². The molecule has 5 heteroatoms. The van der Waals surface area contributed by atoms with Crippen LogP contribution in [-0.2, 0) is 0 Å². The molecule has 4 nitrogen and oxygen atoms in total. The van der Waals surface area contributed by atoms with Crippen molar-refractivity contribution in [1.29, 1.82) is 0 Å². The molecule has 0 N–H and O–H groups in total. The number of hydrogen-bond donors (Lipinski definition) is 0. The summed E-state index contributed by atoms with van der Waals surface area (Å²) in [6.07, 6.45) is 1.70. The van der Waals surface area contributed by atoms with Crippen molar-refractivity contribution in [1.82, 2.24) is 14.5 Å². The predicted molar refractivity (Wildman–Crippen MR) is 86.3 cm³/mol. The van der Waals surface area contributed by atoms with Crippen molar-refractivity contribution in [3.63, 3.8) is 0 Å². The summed E-state index contributed by atoms with van der Waals surface area (Å²) >= 11 is 1.55. The molecule has 0 bridgehead atoms. The molecule has 0 atom stereocenters. The van der Waals surface area contributed by atoms with Gasteiger partial charge in [0.15, 0.2) is 5.16 Å². The van der Waals surface area contributed by atoms with Gasteiger partial charge in [-0.2, -0.15) is 0 Å². The highest BCUT2D eigenvalue weighted by Gasteiger charge is 2.14. The monoisotopic (exact) mass is 297 g/mol. The normalized spacial score (nSPS) is 11.0. The highest BCUT2D eigenvalue weighted by molar-refractivity contribution is 7.99. The molecule has 1 aromatic carbocycles. The minimum absolute atomic E-state index is 0.0710. The first-order valence-electron chi connectivity index (χ1n) is 6.79. The molecular weight excluding hydrogens is 282 g/mol. The second-order valence-electron chi connectivity index (χ2n) is 4.63. The van der Waals surface area contributed by atoms with E-state index in [1.165, 1.54) is 0 Å². The van der Waals surface area contributed by atoms with Gasteiger partial charge in [-0.15, -0.1) is 0 Å². The number of aromatic nitrogens is 3. The number of benzene rings is 1. The fraction of sp³-hybridized carbons (Fsp3) is 0.188. The van der Waals surface area contributed by atoms with Crippen molar-refractivity contribution in [3.05, 3.63) is 58.5 Å². The maximum absolute atomic E-state index is 12.8. The first kappa shape index (κ1) is 13.8. The average Bonchev–Trinajstić information content (AvgIpc) is 2.49. The lowest BCUT2D eigenvalue weighted by atomic mass is 10.2. The summed E-state index contributed by atoms with van der Waals surface area (Å²) in [5.41, 5.74) is 1.61. The summed E-state index contributed by atoms with van der Waals surface area (Å²) in [4.78, 5) is 21.8. The van der Waals surface area contributed by atoms with Crippen LogP contribution >= 0.6 is 11.8 Å². The average molecular weight is 297 g/mol. The third-order valence-corrected chi connectivity index (χ3v) is 4.03. The Hall–Kier alpha value is -2.14. The van der Waals surface area contributed by atoms with Gasteiger partial charge in [-0.25, -0.2) is 14.5 Å². The van der Waals surface area contributed by atoms with Crippen LogP contribution in [0.5, 0.6) is 0 Å². The Morgan fingerprint density at radius 2 is 2.00 bits per heavy atom. The van der Waals surface area contributed by atoms with E-state index < -0.39 is 0 Å². The van der Waals surface area contributed by atoms with E-state index in [-0.39, 0.29) is 5.56 Å². The van der Waals surface area contributed by atoms with Gasteiger partial charge in [0.1, 0.15) is 5.82 Å². The lowest BCUT2D eigenvalue weighted by Gasteiger charge is -2.13. The molecule has 0 unspecified atom stereocenters. The molecule has 0 saturated carbocycles. The number of para-hydroxylation sites is 1. The molecule has 3 aromatic rings. The van der Waals surface area contributed by atoms with E-state index in [0.717, 1.165) is 16.8 Å². The van der Waals surface area contributed by atoms with Crippen molar-refractivity contribution >= 4 is 22.7 Å². The second-order valence-corrected chi connectivity index (χ2v) is 5.86. The Morgan fingerprint density at radius 3 is 2.76 bits per heavy atom.